The molecule has 45 heavy (non-hydrogen) atoms. The lowest BCUT2D eigenvalue weighted by Crippen LogP contribution is -2.39. The van der Waals surface area contributed by atoms with Crippen LogP contribution in [-0.2, 0) is 29.2 Å². The summed E-state index contributed by atoms with van der Waals surface area (Å²) < 4.78 is 7.74. The molecule has 1 fully saturated rings. The molecule has 8 heteroatoms. The van der Waals surface area contributed by atoms with Crippen molar-refractivity contribution in [2.24, 2.45) is 5.16 Å². The van der Waals surface area contributed by atoms with E-state index in [2.05, 4.69) is 33.0 Å². The Morgan fingerprint density at radius 1 is 0.800 bits per heavy atom. The highest BCUT2D eigenvalue weighted by Crippen LogP contribution is 2.38. The van der Waals surface area contributed by atoms with Crippen molar-refractivity contribution in [1.29, 1.82) is 0 Å². The molecule has 0 N–H and O–H groups in total. The first-order valence-electron chi connectivity index (χ1n) is 15.5. The van der Waals surface area contributed by atoms with E-state index in [1.54, 1.807) is 4.90 Å². The van der Waals surface area contributed by atoms with E-state index in [1.807, 2.05) is 91.4 Å². The highest BCUT2D eigenvalue weighted by molar-refractivity contribution is 6.04. The number of hydrogen-bond acceptors (Lipinski definition) is 6. The third kappa shape index (κ3) is 6.36. The summed E-state index contributed by atoms with van der Waals surface area (Å²) in [7, 11) is 0. The molecule has 1 aliphatic heterocycles. The van der Waals surface area contributed by atoms with Crippen LogP contribution >= 0.6 is 0 Å². The number of nitrogens with zero attached hydrogens (tertiary/aromatic N) is 5. The molecule has 1 amide bonds. The van der Waals surface area contributed by atoms with Crippen LogP contribution in [0.2, 0.25) is 0 Å². The minimum absolute atomic E-state index is 0.162. The van der Waals surface area contributed by atoms with Gasteiger partial charge in [-0.25, -0.2) is 4.79 Å². The van der Waals surface area contributed by atoms with Gasteiger partial charge in [0.1, 0.15) is 13.2 Å². The van der Waals surface area contributed by atoms with Crippen molar-refractivity contribution < 1.29 is 14.4 Å². The average Bonchev–Trinajstić information content (AvgIpc) is 3.73. The monoisotopic (exact) mass is 597 g/mol. The van der Waals surface area contributed by atoms with Crippen LogP contribution in [0, 0.1) is 0 Å². The molecular weight excluding hydrogens is 562 g/mol. The van der Waals surface area contributed by atoms with E-state index >= 15 is 0 Å². The number of oxime groups is 1. The maximum atomic E-state index is 12.8. The van der Waals surface area contributed by atoms with Crippen LogP contribution in [0.5, 0.6) is 0 Å². The third-order valence-corrected chi connectivity index (χ3v) is 8.63. The van der Waals surface area contributed by atoms with Gasteiger partial charge in [0.25, 0.3) is 0 Å². The molecule has 1 aliphatic carbocycles. The molecule has 2 aromatic heterocycles. The van der Waals surface area contributed by atoms with Gasteiger partial charge < -0.3 is 14.5 Å². The van der Waals surface area contributed by atoms with Gasteiger partial charge in [0.15, 0.2) is 0 Å². The number of ether oxygens (including phenoxy) is 1. The fourth-order valence-corrected chi connectivity index (χ4v) is 6.24. The van der Waals surface area contributed by atoms with Crippen molar-refractivity contribution in [3.05, 3.63) is 132 Å². The molecule has 0 radical (unpaired) electrons. The van der Waals surface area contributed by atoms with E-state index < -0.39 is 0 Å². The SMILES string of the molecule is O=C(OCc1ccccc1)N1CCC(n2ncc(-c3ccc4c(c3)CC/C4=N/OCc3ccccc3)c2-c2ccncc2)CC1. The number of aryl methyl sites for hydroxylation is 1. The molecule has 2 aliphatic rings. The van der Waals surface area contributed by atoms with E-state index in [1.165, 1.54) is 5.56 Å². The molecule has 7 rings (SSSR count). The minimum Gasteiger partial charge on any atom is -0.445 e. The zero-order valence-corrected chi connectivity index (χ0v) is 25.1. The van der Waals surface area contributed by atoms with Gasteiger partial charge in [-0.05, 0) is 60.1 Å². The molecule has 0 atom stereocenters. The number of pyridine rings is 1. The average molecular weight is 598 g/mol. The number of carbonyl (C=O) groups is 1. The van der Waals surface area contributed by atoms with Crippen molar-refractivity contribution in [2.75, 3.05) is 13.1 Å². The van der Waals surface area contributed by atoms with Crippen LogP contribution in [0.1, 0.15) is 47.6 Å². The van der Waals surface area contributed by atoms with Gasteiger partial charge in [-0.2, -0.15) is 5.10 Å². The highest BCUT2D eigenvalue weighted by Gasteiger charge is 2.29. The van der Waals surface area contributed by atoms with Crippen molar-refractivity contribution in [3.8, 4) is 22.4 Å². The Labute approximate surface area is 262 Å². The first kappa shape index (κ1) is 28.5. The second kappa shape index (κ2) is 13.2. The Hall–Kier alpha value is -5.24. The fourth-order valence-electron chi connectivity index (χ4n) is 6.24. The van der Waals surface area contributed by atoms with E-state index in [0.29, 0.717) is 19.7 Å². The summed E-state index contributed by atoms with van der Waals surface area (Å²) in [5, 5.41) is 9.43. The van der Waals surface area contributed by atoms with Gasteiger partial charge in [0, 0.05) is 42.2 Å². The molecule has 0 bridgehead atoms. The molecule has 5 aromatic rings. The van der Waals surface area contributed by atoms with Crippen LogP contribution in [0.25, 0.3) is 22.4 Å². The van der Waals surface area contributed by atoms with Crippen molar-refractivity contribution in [3.63, 3.8) is 0 Å². The van der Waals surface area contributed by atoms with Crippen molar-refractivity contribution >= 4 is 11.8 Å². The Morgan fingerprint density at radius 3 is 2.24 bits per heavy atom. The summed E-state index contributed by atoms with van der Waals surface area (Å²) >= 11 is 0. The van der Waals surface area contributed by atoms with Gasteiger partial charge in [0.2, 0.25) is 0 Å². The maximum Gasteiger partial charge on any atom is 0.410 e. The summed E-state index contributed by atoms with van der Waals surface area (Å²) in [4.78, 5) is 24.6. The number of carbonyl (C=O) groups excluding carboxylic acids is 1. The van der Waals surface area contributed by atoms with Gasteiger partial charge in [0.05, 0.1) is 23.6 Å². The largest absolute Gasteiger partial charge is 0.445 e. The molecular formula is C37H35N5O3. The van der Waals surface area contributed by atoms with Crippen molar-refractivity contribution in [2.45, 2.75) is 44.9 Å². The number of amides is 1. The summed E-state index contributed by atoms with van der Waals surface area (Å²) in [5.74, 6) is 0. The Morgan fingerprint density at radius 2 is 1.51 bits per heavy atom. The van der Waals surface area contributed by atoms with E-state index in [4.69, 9.17) is 14.7 Å². The van der Waals surface area contributed by atoms with Crippen LogP contribution in [0.15, 0.2) is 115 Å². The summed E-state index contributed by atoms with van der Waals surface area (Å²) in [6.45, 7) is 1.98. The van der Waals surface area contributed by atoms with Crippen molar-refractivity contribution in [1.82, 2.24) is 19.7 Å². The first-order chi connectivity index (χ1) is 22.2. The predicted molar refractivity (Wildman–Crippen MR) is 173 cm³/mol. The Balaban J connectivity index is 1.08. The molecule has 0 unspecified atom stereocenters. The standard InChI is InChI=1S/C37H35N5O3/c43-37(44-25-27-7-3-1-4-8-27)41-21-17-32(18-22-41)42-36(29-15-19-38-20-16-29)34(24-39-42)31-11-13-33-30(23-31)12-14-35(33)40-45-26-28-9-5-2-6-10-28/h1-11,13,15-16,19-20,23-24,32H,12,14,17-18,21-22,25-26H2/b40-35-. The molecule has 0 spiro atoms. The highest BCUT2D eigenvalue weighted by atomic mass is 16.6. The topological polar surface area (TPSA) is 81.8 Å². The lowest BCUT2D eigenvalue weighted by molar-refractivity contribution is 0.0823. The maximum absolute atomic E-state index is 12.8. The number of piperidine rings is 1. The molecule has 1 saturated heterocycles. The lowest BCUT2D eigenvalue weighted by Gasteiger charge is -2.32. The number of benzene rings is 3. The number of hydrogen-bond donors (Lipinski definition) is 0. The molecule has 0 saturated carbocycles. The van der Waals surface area contributed by atoms with Crippen LogP contribution < -0.4 is 0 Å². The van der Waals surface area contributed by atoms with Crippen LogP contribution in [0.3, 0.4) is 0 Å². The predicted octanol–water partition coefficient (Wildman–Crippen LogP) is 7.45. The fraction of sp³-hybridized carbons (Fsp3) is 0.243. The van der Waals surface area contributed by atoms with Gasteiger partial charge in [-0.3, -0.25) is 9.67 Å². The lowest BCUT2D eigenvalue weighted by atomic mass is 9.97. The Bertz CT molecular complexity index is 1780. The summed E-state index contributed by atoms with van der Waals surface area (Å²) in [6, 6.07) is 30.7. The van der Waals surface area contributed by atoms with Crippen LogP contribution in [0.4, 0.5) is 4.79 Å². The number of aromatic nitrogens is 3. The second-order valence-corrected chi connectivity index (χ2v) is 11.5. The number of rotatable bonds is 8. The first-order valence-corrected chi connectivity index (χ1v) is 15.5. The molecule has 226 valence electrons. The van der Waals surface area contributed by atoms with E-state index in [-0.39, 0.29) is 18.7 Å². The van der Waals surface area contributed by atoms with Gasteiger partial charge in [-0.15, -0.1) is 0 Å². The molecule has 3 aromatic carbocycles. The third-order valence-electron chi connectivity index (χ3n) is 8.63. The molecule has 8 nitrogen and oxygen atoms in total. The second-order valence-electron chi connectivity index (χ2n) is 11.5. The zero-order chi connectivity index (χ0) is 30.4. The smallest absolute Gasteiger partial charge is 0.410 e. The van der Waals surface area contributed by atoms with E-state index in [0.717, 1.165) is 70.5 Å². The minimum atomic E-state index is -0.265. The summed E-state index contributed by atoms with van der Waals surface area (Å²) in [5.41, 5.74) is 9.84. The normalized spacial score (nSPS) is 15.6. The number of fused-ring (bicyclic) bond motifs is 1. The quantitative estimate of drug-likeness (QED) is 0.174. The Kier molecular flexibility index (Phi) is 8.35. The number of likely N-dealkylation sites (tertiary alicyclic amines) is 1. The van der Waals surface area contributed by atoms with Crippen LogP contribution in [-0.4, -0.2) is 44.6 Å². The van der Waals surface area contributed by atoms with Gasteiger partial charge >= 0.3 is 6.09 Å². The molecule has 3 heterocycles. The van der Waals surface area contributed by atoms with E-state index in [9.17, 15) is 4.79 Å². The van der Waals surface area contributed by atoms with Gasteiger partial charge in [-0.1, -0.05) is 84.0 Å². The zero-order valence-electron chi connectivity index (χ0n) is 25.1. The summed E-state index contributed by atoms with van der Waals surface area (Å²) in [6.07, 6.45) is 8.74.